The van der Waals surface area contributed by atoms with Gasteiger partial charge in [0.2, 0.25) is 0 Å². The third-order valence-corrected chi connectivity index (χ3v) is 3.71. The summed E-state index contributed by atoms with van der Waals surface area (Å²) in [5.41, 5.74) is 1.05. The van der Waals surface area contributed by atoms with Crippen molar-refractivity contribution in [3.63, 3.8) is 0 Å². The Bertz CT molecular complexity index is 540. The van der Waals surface area contributed by atoms with E-state index in [1.54, 1.807) is 0 Å². The molecule has 20 heavy (non-hydrogen) atoms. The van der Waals surface area contributed by atoms with Crippen molar-refractivity contribution in [1.29, 1.82) is 0 Å². The lowest BCUT2D eigenvalue weighted by Crippen LogP contribution is -2.40. The third-order valence-electron chi connectivity index (χ3n) is 3.71. The summed E-state index contributed by atoms with van der Waals surface area (Å²) in [5.74, 6) is 0.989. The minimum absolute atomic E-state index is 0.0208. The maximum atomic E-state index is 5.94. The van der Waals surface area contributed by atoms with Gasteiger partial charge in [0.25, 0.3) is 0 Å². The van der Waals surface area contributed by atoms with Crippen LogP contribution < -0.4 is 5.32 Å². The van der Waals surface area contributed by atoms with Crippen LogP contribution in [0.5, 0.6) is 0 Å². The number of imidazole rings is 1. The number of hydrogen-bond acceptors (Lipinski definition) is 4. The summed E-state index contributed by atoms with van der Waals surface area (Å²) in [5, 5.41) is 3.56. The highest BCUT2D eigenvalue weighted by Gasteiger charge is 2.29. The van der Waals surface area contributed by atoms with Crippen molar-refractivity contribution in [3.8, 4) is 0 Å². The quantitative estimate of drug-likeness (QED) is 0.922. The van der Waals surface area contributed by atoms with Gasteiger partial charge < -0.3 is 14.6 Å². The summed E-state index contributed by atoms with van der Waals surface area (Å²) >= 11 is 0. The standard InChI is InChI=1S/C15H20N4O/c1-19-9-8-17-15(19)14-13(6-4-10-20-14)18-11-12-5-2-3-7-16-12/h2-3,5,7-9,13-14,18H,4,6,10-11H2,1H3/t13-,14-/m0/s1. The summed E-state index contributed by atoms with van der Waals surface area (Å²) in [7, 11) is 2.01. The van der Waals surface area contributed by atoms with E-state index in [0.29, 0.717) is 0 Å². The first-order valence-electron chi connectivity index (χ1n) is 7.07. The monoisotopic (exact) mass is 272 g/mol. The molecule has 5 heteroatoms. The molecule has 1 N–H and O–H groups in total. The second-order valence-corrected chi connectivity index (χ2v) is 5.14. The molecule has 0 aliphatic carbocycles. The summed E-state index contributed by atoms with van der Waals surface area (Å²) in [6, 6.07) is 6.26. The van der Waals surface area contributed by atoms with E-state index in [-0.39, 0.29) is 12.1 Å². The van der Waals surface area contributed by atoms with Crippen LogP contribution in [0.15, 0.2) is 36.8 Å². The molecule has 3 heterocycles. The first-order valence-corrected chi connectivity index (χ1v) is 7.07. The Balaban J connectivity index is 1.68. The van der Waals surface area contributed by atoms with Gasteiger partial charge in [-0.2, -0.15) is 0 Å². The van der Waals surface area contributed by atoms with Gasteiger partial charge in [0.1, 0.15) is 11.9 Å². The number of pyridine rings is 1. The summed E-state index contributed by atoms with van der Waals surface area (Å²) < 4.78 is 7.97. The van der Waals surface area contributed by atoms with E-state index in [1.807, 2.05) is 48.4 Å². The fraction of sp³-hybridized carbons (Fsp3) is 0.467. The molecule has 0 saturated carbocycles. The normalized spacial score (nSPS) is 22.9. The molecule has 3 rings (SSSR count). The summed E-state index contributed by atoms with van der Waals surface area (Å²) in [6.45, 7) is 1.56. The molecule has 0 bridgehead atoms. The van der Waals surface area contributed by atoms with E-state index in [1.165, 1.54) is 0 Å². The highest BCUT2D eigenvalue weighted by molar-refractivity contribution is 5.05. The molecular weight excluding hydrogens is 252 g/mol. The number of ether oxygens (including phenoxy) is 1. The van der Waals surface area contributed by atoms with Crippen molar-refractivity contribution >= 4 is 0 Å². The lowest BCUT2D eigenvalue weighted by Gasteiger charge is -2.32. The molecule has 0 amide bonds. The van der Waals surface area contributed by atoms with Gasteiger partial charge >= 0.3 is 0 Å². The van der Waals surface area contributed by atoms with Crippen molar-refractivity contribution < 1.29 is 4.74 Å². The first-order chi connectivity index (χ1) is 9.84. The first kappa shape index (κ1) is 13.3. The Morgan fingerprint density at radius 2 is 2.30 bits per heavy atom. The Morgan fingerprint density at radius 3 is 3.05 bits per heavy atom. The van der Waals surface area contributed by atoms with Crippen LogP contribution in [0.25, 0.3) is 0 Å². The van der Waals surface area contributed by atoms with E-state index in [0.717, 1.165) is 37.5 Å². The van der Waals surface area contributed by atoms with Crippen molar-refractivity contribution in [1.82, 2.24) is 19.9 Å². The van der Waals surface area contributed by atoms with Crippen LogP contribution in [0.1, 0.15) is 30.5 Å². The Morgan fingerprint density at radius 1 is 1.35 bits per heavy atom. The fourth-order valence-electron chi connectivity index (χ4n) is 2.63. The summed E-state index contributed by atoms with van der Waals surface area (Å²) in [4.78, 5) is 8.77. The molecule has 0 aromatic carbocycles. The smallest absolute Gasteiger partial charge is 0.139 e. The molecule has 2 aromatic rings. The number of hydrogen-bond donors (Lipinski definition) is 1. The van der Waals surface area contributed by atoms with Gasteiger partial charge in [-0.15, -0.1) is 0 Å². The van der Waals surface area contributed by atoms with Crippen LogP contribution in [-0.4, -0.2) is 27.2 Å². The maximum Gasteiger partial charge on any atom is 0.139 e. The van der Waals surface area contributed by atoms with Gasteiger partial charge in [-0.3, -0.25) is 4.98 Å². The van der Waals surface area contributed by atoms with Gasteiger partial charge in [-0.1, -0.05) is 6.07 Å². The molecule has 1 saturated heterocycles. The predicted molar refractivity (Wildman–Crippen MR) is 76.0 cm³/mol. The molecular formula is C15H20N4O. The summed E-state index contributed by atoms with van der Waals surface area (Å²) in [6.07, 6.45) is 7.81. The SMILES string of the molecule is Cn1ccnc1[C@H]1OCCC[C@@H]1NCc1ccccn1. The fourth-order valence-corrected chi connectivity index (χ4v) is 2.63. The van der Waals surface area contributed by atoms with Crippen molar-refractivity contribution in [2.75, 3.05) is 6.61 Å². The van der Waals surface area contributed by atoms with Gasteiger partial charge in [-0.05, 0) is 25.0 Å². The molecule has 0 unspecified atom stereocenters. The van der Waals surface area contributed by atoms with Crippen LogP contribution in [0.2, 0.25) is 0 Å². The van der Waals surface area contributed by atoms with E-state index in [9.17, 15) is 0 Å². The molecule has 106 valence electrons. The topological polar surface area (TPSA) is 52.0 Å². The van der Waals surface area contributed by atoms with E-state index in [2.05, 4.69) is 15.3 Å². The molecule has 2 aromatic heterocycles. The van der Waals surface area contributed by atoms with Crippen LogP contribution in [0.3, 0.4) is 0 Å². The van der Waals surface area contributed by atoms with E-state index < -0.39 is 0 Å². The molecule has 2 atom stereocenters. The maximum absolute atomic E-state index is 5.94. The van der Waals surface area contributed by atoms with Gasteiger partial charge in [-0.25, -0.2) is 4.98 Å². The van der Waals surface area contributed by atoms with Crippen molar-refractivity contribution in [2.24, 2.45) is 7.05 Å². The zero-order valence-electron chi connectivity index (χ0n) is 11.7. The number of rotatable bonds is 4. The van der Waals surface area contributed by atoms with E-state index in [4.69, 9.17) is 4.74 Å². The highest BCUT2D eigenvalue weighted by Crippen LogP contribution is 2.27. The zero-order chi connectivity index (χ0) is 13.8. The molecule has 1 fully saturated rings. The van der Waals surface area contributed by atoms with Crippen LogP contribution in [-0.2, 0) is 18.3 Å². The lowest BCUT2D eigenvalue weighted by molar-refractivity contribution is -0.0179. The molecule has 0 spiro atoms. The predicted octanol–water partition coefficient (Wildman–Crippen LogP) is 1.82. The minimum atomic E-state index is 0.0208. The number of nitrogens with zero attached hydrogens (tertiary/aromatic N) is 3. The van der Waals surface area contributed by atoms with Crippen LogP contribution >= 0.6 is 0 Å². The number of aromatic nitrogens is 3. The highest BCUT2D eigenvalue weighted by atomic mass is 16.5. The second-order valence-electron chi connectivity index (χ2n) is 5.14. The van der Waals surface area contributed by atoms with Crippen molar-refractivity contribution in [2.45, 2.75) is 31.5 Å². The molecule has 1 aliphatic heterocycles. The average Bonchev–Trinajstić information content (AvgIpc) is 2.92. The average molecular weight is 272 g/mol. The molecule has 0 radical (unpaired) electrons. The van der Waals surface area contributed by atoms with Gasteiger partial charge in [0, 0.05) is 44.8 Å². The molecule has 5 nitrogen and oxygen atoms in total. The van der Waals surface area contributed by atoms with Crippen molar-refractivity contribution in [3.05, 3.63) is 48.3 Å². The lowest BCUT2D eigenvalue weighted by atomic mass is 10.0. The minimum Gasteiger partial charge on any atom is -0.369 e. The molecule has 1 aliphatic rings. The second kappa shape index (κ2) is 6.15. The largest absolute Gasteiger partial charge is 0.369 e. The third kappa shape index (κ3) is 2.89. The van der Waals surface area contributed by atoms with Crippen LogP contribution in [0, 0.1) is 0 Å². The van der Waals surface area contributed by atoms with Gasteiger partial charge in [0.05, 0.1) is 5.69 Å². The van der Waals surface area contributed by atoms with E-state index >= 15 is 0 Å². The zero-order valence-corrected chi connectivity index (χ0v) is 11.7. The Kier molecular flexibility index (Phi) is 4.08. The number of nitrogens with one attached hydrogen (secondary N) is 1. The Labute approximate surface area is 119 Å². The van der Waals surface area contributed by atoms with Crippen LogP contribution in [0.4, 0.5) is 0 Å². The Hall–Kier alpha value is -1.72. The number of aryl methyl sites for hydroxylation is 1. The van der Waals surface area contributed by atoms with Gasteiger partial charge in [0.15, 0.2) is 0 Å².